The number of nitrogens with zero attached hydrogens (tertiary/aromatic N) is 3. The Kier molecular flexibility index (Phi) is 5.62. The molecule has 1 amide bonds. The first kappa shape index (κ1) is 19.2. The Morgan fingerprint density at radius 1 is 1.03 bits per heavy atom. The van der Waals surface area contributed by atoms with E-state index in [2.05, 4.69) is 22.0 Å². The first-order chi connectivity index (χ1) is 14.2. The minimum atomic E-state index is -0.549. The van der Waals surface area contributed by atoms with Gasteiger partial charge in [0.1, 0.15) is 0 Å². The molecule has 1 aliphatic heterocycles. The van der Waals surface area contributed by atoms with Gasteiger partial charge in [0.2, 0.25) is 0 Å². The summed E-state index contributed by atoms with van der Waals surface area (Å²) in [6.07, 6.45) is 1.20. The molecular formula is C23H25N3O3. The maximum Gasteiger partial charge on any atom is 0.256 e. The number of benzene rings is 2. The van der Waals surface area contributed by atoms with Gasteiger partial charge in [-0.15, -0.1) is 0 Å². The van der Waals surface area contributed by atoms with Gasteiger partial charge >= 0.3 is 0 Å². The fourth-order valence-electron chi connectivity index (χ4n) is 3.69. The van der Waals surface area contributed by atoms with Gasteiger partial charge in [0.25, 0.3) is 5.91 Å². The molecule has 0 aliphatic carbocycles. The second kappa shape index (κ2) is 8.49. The zero-order chi connectivity index (χ0) is 20.2. The molecule has 4 rings (SSSR count). The van der Waals surface area contributed by atoms with Crippen LogP contribution in [0.25, 0.3) is 11.3 Å². The molecule has 0 spiro atoms. The van der Waals surface area contributed by atoms with Crippen LogP contribution in [-0.4, -0.2) is 49.1 Å². The molecular weight excluding hydrogens is 366 g/mol. The number of carbonyl (C=O) groups is 1. The Labute approximate surface area is 170 Å². The van der Waals surface area contributed by atoms with Crippen LogP contribution in [0.2, 0.25) is 0 Å². The third-order valence-corrected chi connectivity index (χ3v) is 5.29. The highest BCUT2D eigenvalue weighted by molar-refractivity contribution is 5.82. The molecule has 29 heavy (non-hydrogen) atoms. The molecule has 0 N–H and O–H groups in total. The summed E-state index contributed by atoms with van der Waals surface area (Å²) in [4.78, 5) is 21.3. The highest BCUT2D eigenvalue weighted by Gasteiger charge is 2.28. The zero-order valence-corrected chi connectivity index (χ0v) is 16.7. The SMILES string of the molecule is CO[C@@H](C(=O)N1CCN(c2ccc(-c3cnc(C)o3)cc2)CC1)c1ccccc1. The fraction of sp³-hybridized carbons (Fsp3) is 0.304. The lowest BCUT2D eigenvalue weighted by atomic mass is 10.1. The number of hydrogen-bond acceptors (Lipinski definition) is 5. The lowest BCUT2D eigenvalue weighted by Gasteiger charge is -2.37. The van der Waals surface area contributed by atoms with Gasteiger partial charge in [0.05, 0.1) is 6.20 Å². The fourth-order valence-corrected chi connectivity index (χ4v) is 3.69. The van der Waals surface area contributed by atoms with Crippen molar-refractivity contribution < 1.29 is 13.9 Å². The molecule has 0 radical (unpaired) electrons. The Balaban J connectivity index is 1.38. The van der Waals surface area contributed by atoms with E-state index in [9.17, 15) is 4.79 Å². The second-order valence-electron chi connectivity index (χ2n) is 7.13. The van der Waals surface area contributed by atoms with E-state index < -0.39 is 6.10 Å². The summed E-state index contributed by atoms with van der Waals surface area (Å²) in [6, 6.07) is 17.9. The van der Waals surface area contributed by atoms with E-state index in [0.29, 0.717) is 19.0 Å². The highest BCUT2D eigenvalue weighted by Crippen LogP contribution is 2.25. The standard InChI is InChI=1S/C23H25N3O3/c1-17-24-16-21(29-17)18-8-10-20(11-9-18)25-12-14-26(15-13-25)23(27)22(28-2)19-6-4-3-5-7-19/h3-11,16,22H,12-15H2,1-2H3/t22-/m1/s1. The van der Waals surface area contributed by atoms with E-state index >= 15 is 0 Å². The number of carbonyl (C=O) groups excluding carboxylic acids is 1. The average molecular weight is 391 g/mol. The molecule has 1 fully saturated rings. The number of aromatic nitrogens is 1. The number of rotatable bonds is 5. The second-order valence-corrected chi connectivity index (χ2v) is 7.13. The predicted octanol–water partition coefficient (Wildman–Crippen LogP) is 3.69. The van der Waals surface area contributed by atoms with Gasteiger partial charge < -0.3 is 19.0 Å². The molecule has 0 unspecified atom stereocenters. The number of aryl methyl sites for hydroxylation is 1. The van der Waals surface area contributed by atoms with Crippen LogP contribution in [0.5, 0.6) is 0 Å². The van der Waals surface area contributed by atoms with Crippen LogP contribution < -0.4 is 4.90 Å². The highest BCUT2D eigenvalue weighted by atomic mass is 16.5. The summed E-state index contributed by atoms with van der Waals surface area (Å²) in [5.41, 5.74) is 3.04. The van der Waals surface area contributed by atoms with Crippen LogP contribution in [0, 0.1) is 6.92 Å². The maximum atomic E-state index is 12.9. The van der Waals surface area contributed by atoms with Crippen LogP contribution in [0.15, 0.2) is 65.2 Å². The summed E-state index contributed by atoms with van der Waals surface area (Å²) < 4.78 is 11.1. The Bertz CT molecular complexity index is 945. The van der Waals surface area contributed by atoms with Gasteiger partial charge in [-0.25, -0.2) is 4.98 Å². The molecule has 1 aromatic heterocycles. The maximum absolute atomic E-state index is 12.9. The van der Waals surface area contributed by atoms with Crippen molar-refractivity contribution in [2.24, 2.45) is 0 Å². The minimum absolute atomic E-state index is 0.0226. The van der Waals surface area contributed by atoms with E-state index in [4.69, 9.17) is 9.15 Å². The van der Waals surface area contributed by atoms with Crippen molar-refractivity contribution in [3.63, 3.8) is 0 Å². The number of hydrogen-bond donors (Lipinski definition) is 0. The van der Waals surface area contributed by atoms with E-state index in [1.54, 1.807) is 13.3 Å². The van der Waals surface area contributed by atoms with E-state index in [0.717, 1.165) is 35.7 Å². The summed E-state index contributed by atoms with van der Waals surface area (Å²) >= 11 is 0. The van der Waals surface area contributed by atoms with Crippen molar-refractivity contribution in [2.45, 2.75) is 13.0 Å². The third-order valence-electron chi connectivity index (χ3n) is 5.29. The van der Waals surface area contributed by atoms with Crippen molar-refractivity contribution in [1.82, 2.24) is 9.88 Å². The quantitative estimate of drug-likeness (QED) is 0.664. The number of ether oxygens (including phenoxy) is 1. The van der Waals surface area contributed by atoms with E-state index in [1.165, 1.54) is 0 Å². The van der Waals surface area contributed by atoms with Gasteiger partial charge in [0.15, 0.2) is 17.8 Å². The zero-order valence-electron chi connectivity index (χ0n) is 16.7. The van der Waals surface area contributed by atoms with Gasteiger partial charge in [0, 0.05) is 51.5 Å². The Hall–Kier alpha value is -3.12. The molecule has 150 valence electrons. The summed E-state index contributed by atoms with van der Waals surface area (Å²) in [5.74, 6) is 1.46. The van der Waals surface area contributed by atoms with Gasteiger partial charge in [-0.2, -0.15) is 0 Å². The van der Waals surface area contributed by atoms with Crippen LogP contribution >= 0.6 is 0 Å². The predicted molar refractivity (Wildman–Crippen MR) is 112 cm³/mol. The molecule has 1 atom stereocenters. The normalized spacial score (nSPS) is 15.4. The van der Waals surface area contributed by atoms with Gasteiger partial charge in [-0.3, -0.25) is 4.79 Å². The molecule has 1 saturated heterocycles. The van der Waals surface area contributed by atoms with Crippen molar-refractivity contribution in [1.29, 1.82) is 0 Å². The molecule has 2 heterocycles. The number of anilines is 1. The first-order valence-corrected chi connectivity index (χ1v) is 9.80. The van der Waals surface area contributed by atoms with E-state index in [1.807, 2.05) is 54.3 Å². The van der Waals surface area contributed by atoms with Crippen LogP contribution in [0.1, 0.15) is 17.6 Å². The van der Waals surface area contributed by atoms with Gasteiger partial charge in [-0.05, 0) is 29.8 Å². The number of piperazine rings is 1. The van der Waals surface area contributed by atoms with Crippen molar-refractivity contribution in [2.75, 3.05) is 38.2 Å². The summed E-state index contributed by atoms with van der Waals surface area (Å²) in [6.45, 7) is 4.77. The van der Waals surface area contributed by atoms with Crippen LogP contribution in [0.4, 0.5) is 5.69 Å². The Morgan fingerprint density at radius 3 is 2.31 bits per heavy atom. The van der Waals surface area contributed by atoms with Crippen molar-refractivity contribution in [3.8, 4) is 11.3 Å². The molecule has 0 saturated carbocycles. The topological polar surface area (TPSA) is 58.8 Å². The van der Waals surface area contributed by atoms with Gasteiger partial charge in [-0.1, -0.05) is 30.3 Å². The molecule has 3 aromatic rings. The lowest BCUT2D eigenvalue weighted by molar-refractivity contribution is -0.142. The van der Waals surface area contributed by atoms with Crippen LogP contribution in [-0.2, 0) is 9.53 Å². The molecule has 6 heteroatoms. The van der Waals surface area contributed by atoms with Crippen molar-refractivity contribution >= 4 is 11.6 Å². The Morgan fingerprint density at radius 2 is 1.72 bits per heavy atom. The molecule has 0 bridgehead atoms. The largest absolute Gasteiger partial charge is 0.441 e. The molecule has 6 nitrogen and oxygen atoms in total. The monoisotopic (exact) mass is 391 g/mol. The number of oxazole rings is 1. The molecule has 2 aromatic carbocycles. The van der Waals surface area contributed by atoms with E-state index in [-0.39, 0.29) is 5.91 Å². The number of amides is 1. The smallest absolute Gasteiger partial charge is 0.256 e. The third kappa shape index (κ3) is 4.17. The summed E-state index contributed by atoms with van der Waals surface area (Å²) in [7, 11) is 1.59. The minimum Gasteiger partial charge on any atom is -0.441 e. The summed E-state index contributed by atoms with van der Waals surface area (Å²) in [5, 5.41) is 0. The van der Waals surface area contributed by atoms with Crippen molar-refractivity contribution in [3.05, 3.63) is 72.2 Å². The lowest BCUT2D eigenvalue weighted by Crippen LogP contribution is -2.50. The van der Waals surface area contributed by atoms with Crippen LogP contribution in [0.3, 0.4) is 0 Å². The average Bonchev–Trinajstić information content (AvgIpc) is 3.21. The molecule has 1 aliphatic rings. The first-order valence-electron chi connectivity index (χ1n) is 9.80. The number of methoxy groups -OCH3 is 1.